The van der Waals surface area contributed by atoms with Gasteiger partial charge in [-0.05, 0) is 13.8 Å². The molecular weight excluding hydrogens is 310 g/mol. The van der Waals surface area contributed by atoms with Crippen molar-refractivity contribution in [3.63, 3.8) is 0 Å². The Labute approximate surface area is 139 Å². The number of amides is 2. The van der Waals surface area contributed by atoms with E-state index in [4.69, 9.17) is 0 Å². The van der Waals surface area contributed by atoms with Gasteiger partial charge in [0.25, 0.3) is 0 Å². The van der Waals surface area contributed by atoms with Crippen molar-refractivity contribution in [3.05, 3.63) is 29.5 Å². The maximum Gasteiger partial charge on any atom is 0.242 e. The van der Waals surface area contributed by atoms with Crippen molar-refractivity contribution >= 4 is 17.6 Å². The second kappa shape index (κ2) is 7.62. The second-order valence-corrected chi connectivity index (χ2v) is 5.75. The molecule has 0 atom stereocenters. The standard InChI is InChI=1S/C15H21N7O2/c1-9(2)15(24)19-13-6-22(21-20-13)7-14(23)16-5-12-10(3)17-8-18-11(12)4/h6,8-9H,5,7H2,1-4H3,(H,16,23)(H,19,24). The highest BCUT2D eigenvalue weighted by molar-refractivity contribution is 5.90. The Morgan fingerprint density at radius 1 is 1.21 bits per heavy atom. The fourth-order valence-electron chi connectivity index (χ4n) is 1.97. The van der Waals surface area contributed by atoms with Gasteiger partial charge in [0, 0.05) is 29.4 Å². The summed E-state index contributed by atoms with van der Waals surface area (Å²) in [6, 6.07) is 0. The lowest BCUT2D eigenvalue weighted by Gasteiger charge is -2.09. The van der Waals surface area contributed by atoms with E-state index in [1.165, 1.54) is 17.2 Å². The monoisotopic (exact) mass is 331 g/mol. The predicted octanol–water partition coefficient (Wildman–Crippen LogP) is 0.596. The molecule has 2 heterocycles. The first kappa shape index (κ1) is 17.5. The lowest BCUT2D eigenvalue weighted by molar-refractivity contribution is -0.122. The Kier molecular flexibility index (Phi) is 5.56. The van der Waals surface area contributed by atoms with Crippen LogP contribution in [0.5, 0.6) is 0 Å². The van der Waals surface area contributed by atoms with E-state index in [1.54, 1.807) is 13.8 Å². The van der Waals surface area contributed by atoms with Gasteiger partial charge in [0.1, 0.15) is 12.9 Å². The Hall–Kier alpha value is -2.84. The molecular formula is C15H21N7O2. The van der Waals surface area contributed by atoms with E-state index >= 15 is 0 Å². The third kappa shape index (κ3) is 4.58. The van der Waals surface area contributed by atoms with Gasteiger partial charge in [-0.15, -0.1) is 5.10 Å². The normalized spacial score (nSPS) is 10.7. The number of aromatic nitrogens is 5. The van der Waals surface area contributed by atoms with Gasteiger partial charge in [-0.25, -0.2) is 14.6 Å². The summed E-state index contributed by atoms with van der Waals surface area (Å²) in [5, 5.41) is 13.1. The van der Waals surface area contributed by atoms with Crippen LogP contribution in [0.15, 0.2) is 12.5 Å². The molecule has 0 radical (unpaired) electrons. The van der Waals surface area contributed by atoms with Gasteiger partial charge < -0.3 is 10.6 Å². The largest absolute Gasteiger partial charge is 0.350 e. The maximum absolute atomic E-state index is 12.0. The molecule has 0 spiro atoms. The van der Waals surface area contributed by atoms with Gasteiger partial charge in [0.05, 0.1) is 6.20 Å². The quantitative estimate of drug-likeness (QED) is 0.801. The lowest BCUT2D eigenvalue weighted by Crippen LogP contribution is -2.28. The molecule has 2 rings (SSSR count). The Morgan fingerprint density at radius 3 is 2.50 bits per heavy atom. The predicted molar refractivity (Wildman–Crippen MR) is 86.8 cm³/mol. The molecule has 0 unspecified atom stereocenters. The van der Waals surface area contributed by atoms with Gasteiger partial charge >= 0.3 is 0 Å². The van der Waals surface area contributed by atoms with Crippen LogP contribution in [-0.4, -0.2) is 36.8 Å². The van der Waals surface area contributed by atoms with E-state index < -0.39 is 0 Å². The molecule has 0 saturated carbocycles. The average molecular weight is 331 g/mol. The van der Waals surface area contributed by atoms with Crippen molar-refractivity contribution in [3.8, 4) is 0 Å². The van der Waals surface area contributed by atoms with Crippen LogP contribution in [0.4, 0.5) is 5.82 Å². The Bertz CT molecular complexity index is 719. The summed E-state index contributed by atoms with van der Waals surface area (Å²) in [7, 11) is 0. The summed E-state index contributed by atoms with van der Waals surface area (Å²) in [4.78, 5) is 31.8. The maximum atomic E-state index is 12.0. The fraction of sp³-hybridized carbons (Fsp3) is 0.467. The number of hydrogen-bond acceptors (Lipinski definition) is 6. The molecule has 9 heteroatoms. The van der Waals surface area contributed by atoms with Crippen molar-refractivity contribution in [2.75, 3.05) is 5.32 Å². The van der Waals surface area contributed by atoms with E-state index in [0.29, 0.717) is 12.4 Å². The highest BCUT2D eigenvalue weighted by atomic mass is 16.2. The summed E-state index contributed by atoms with van der Waals surface area (Å²) < 4.78 is 1.37. The SMILES string of the molecule is Cc1ncnc(C)c1CNC(=O)Cn1cc(NC(=O)C(C)C)nn1. The van der Waals surface area contributed by atoms with Crippen LogP contribution in [0.3, 0.4) is 0 Å². The first-order valence-corrected chi connectivity index (χ1v) is 7.61. The summed E-state index contributed by atoms with van der Waals surface area (Å²) in [5.41, 5.74) is 2.57. The Balaban J connectivity index is 1.89. The topological polar surface area (TPSA) is 115 Å². The summed E-state index contributed by atoms with van der Waals surface area (Å²) in [6.45, 7) is 7.67. The van der Waals surface area contributed by atoms with Crippen LogP contribution in [-0.2, 0) is 22.7 Å². The zero-order valence-corrected chi connectivity index (χ0v) is 14.2. The minimum Gasteiger partial charge on any atom is -0.350 e. The first-order chi connectivity index (χ1) is 11.4. The molecule has 2 aromatic rings. The van der Waals surface area contributed by atoms with Crippen molar-refractivity contribution in [2.24, 2.45) is 5.92 Å². The van der Waals surface area contributed by atoms with Crippen LogP contribution >= 0.6 is 0 Å². The number of carbonyl (C=O) groups excluding carboxylic acids is 2. The number of nitrogens with zero attached hydrogens (tertiary/aromatic N) is 5. The minimum absolute atomic E-state index is 0.0103. The van der Waals surface area contributed by atoms with Gasteiger partial charge in [-0.3, -0.25) is 9.59 Å². The van der Waals surface area contributed by atoms with Crippen LogP contribution < -0.4 is 10.6 Å². The number of anilines is 1. The third-order valence-electron chi connectivity index (χ3n) is 3.46. The van der Waals surface area contributed by atoms with Crippen molar-refractivity contribution in [2.45, 2.75) is 40.8 Å². The third-order valence-corrected chi connectivity index (χ3v) is 3.46. The average Bonchev–Trinajstić information content (AvgIpc) is 2.93. The molecule has 128 valence electrons. The van der Waals surface area contributed by atoms with Crippen molar-refractivity contribution < 1.29 is 9.59 Å². The fourth-order valence-corrected chi connectivity index (χ4v) is 1.97. The van der Waals surface area contributed by atoms with Gasteiger partial charge in [0.2, 0.25) is 11.8 Å². The molecule has 9 nitrogen and oxygen atoms in total. The van der Waals surface area contributed by atoms with Gasteiger partial charge in [0.15, 0.2) is 5.82 Å². The minimum atomic E-state index is -0.218. The zero-order chi connectivity index (χ0) is 17.7. The summed E-state index contributed by atoms with van der Waals surface area (Å²) in [5.74, 6) is -0.200. The van der Waals surface area contributed by atoms with E-state index in [1.807, 2.05) is 13.8 Å². The highest BCUT2D eigenvalue weighted by Gasteiger charge is 2.12. The van der Waals surface area contributed by atoms with Crippen LogP contribution in [0.1, 0.15) is 30.8 Å². The van der Waals surface area contributed by atoms with E-state index in [9.17, 15) is 9.59 Å². The highest BCUT2D eigenvalue weighted by Crippen LogP contribution is 2.07. The molecule has 0 aliphatic rings. The number of aryl methyl sites for hydroxylation is 2. The summed E-state index contributed by atoms with van der Waals surface area (Å²) in [6.07, 6.45) is 3.01. The zero-order valence-electron chi connectivity index (χ0n) is 14.2. The Morgan fingerprint density at radius 2 is 1.88 bits per heavy atom. The van der Waals surface area contributed by atoms with Crippen LogP contribution in [0.25, 0.3) is 0 Å². The molecule has 24 heavy (non-hydrogen) atoms. The molecule has 0 saturated heterocycles. The summed E-state index contributed by atoms with van der Waals surface area (Å²) >= 11 is 0. The molecule has 0 aromatic carbocycles. The molecule has 2 amide bonds. The number of nitrogens with one attached hydrogen (secondary N) is 2. The lowest BCUT2D eigenvalue weighted by atomic mass is 10.2. The smallest absolute Gasteiger partial charge is 0.242 e. The molecule has 0 fully saturated rings. The van der Waals surface area contributed by atoms with E-state index in [0.717, 1.165) is 17.0 Å². The van der Waals surface area contributed by atoms with E-state index in [-0.39, 0.29) is 24.3 Å². The molecule has 0 aliphatic heterocycles. The van der Waals surface area contributed by atoms with Crippen LogP contribution in [0.2, 0.25) is 0 Å². The van der Waals surface area contributed by atoms with Crippen molar-refractivity contribution in [1.29, 1.82) is 0 Å². The number of hydrogen-bond donors (Lipinski definition) is 2. The second-order valence-electron chi connectivity index (χ2n) is 5.75. The first-order valence-electron chi connectivity index (χ1n) is 7.61. The molecule has 2 N–H and O–H groups in total. The van der Waals surface area contributed by atoms with Gasteiger partial charge in [-0.2, -0.15) is 0 Å². The van der Waals surface area contributed by atoms with Gasteiger partial charge in [-0.1, -0.05) is 19.1 Å². The molecule has 0 aliphatic carbocycles. The van der Waals surface area contributed by atoms with E-state index in [2.05, 4.69) is 30.9 Å². The number of rotatable bonds is 6. The number of carbonyl (C=O) groups is 2. The molecule has 0 bridgehead atoms. The van der Waals surface area contributed by atoms with Crippen molar-refractivity contribution in [1.82, 2.24) is 30.3 Å². The van der Waals surface area contributed by atoms with Crippen LogP contribution in [0, 0.1) is 19.8 Å². The molecule has 2 aromatic heterocycles.